The quantitative estimate of drug-likeness (QED) is 0.147. The Bertz CT molecular complexity index is 1200. The number of amides is 3. The third-order valence-electron chi connectivity index (χ3n) is 7.97. The molecule has 0 aromatic heterocycles. The van der Waals surface area contributed by atoms with Crippen LogP contribution in [0.4, 0.5) is 0 Å². The van der Waals surface area contributed by atoms with Crippen LogP contribution in [0.1, 0.15) is 39.5 Å². The smallest absolute Gasteiger partial charge is 0.329 e. The SMILES string of the molecule is C[C@@H](O)[C@@H](C(=O)O)N1C[C@@]2(CCCN2S(C)(=O)=O)C1=O.C[C@@H](O)[C@@H](C(N)=O)N1C[C@@]2(CCCN2S(C)(=O)=O)C1=O.[B][B]. The van der Waals surface area contributed by atoms with Crippen LogP contribution in [0.25, 0.3) is 0 Å². The topological polar surface area (TPSA) is 236 Å². The first-order valence-corrected chi connectivity index (χ1v) is 16.7. The summed E-state index contributed by atoms with van der Waals surface area (Å²) in [4.78, 5) is 49.4. The lowest BCUT2D eigenvalue weighted by atomic mass is 9.81. The van der Waals surface area contributed by atoms with Crippen molar-refractivity contribution in [1.82, 2.24) is 18.4 Å². The van der Waals surface area contributed by atoms with E-state index in [4.69, 9.17) is 10.8 Å². The van der Waals surface area contributed by atoms with Crippen LogP contribution >= 0.6 is 0 Å². The summed E-state index contributed by atoms with van der Waals surface area (Å²) in [5.41, 5.74) is 2.96. The van der Waals surface area contributed by atoms with Crippen molar-refractivity contribution in [3.8, 4) is 0 Å². The molecule has 4 fully saturated rings. The van der Waals surface area contributed by atoms with E-state index in [1.165, 1.54) is 18.2 Å². The molecule has 20 heteroatoms. The van der Waals surface area contributed by atoms with E-state index < -0.39 is 79.1 Å². The van der Waals surface area contributed by atoms with Crippen LogP contribution in [0.3, 0.4) is 0 Å². The maximum Gasteiger partial charge on any atom is 0.329 e. The molecule has 0 aliphatic carbocycles. The first kappa shape index (κ1) is 35.9. The van der Waals surface area contributed by atoms with Crippen LogP contribution in [-0.4, -0.2) is 164 Å². The Kier molecular flexibility index (Phi) is 10.9. The van der Waals surface area contributed by atoms with Crippen LogP contribution < -0.4 is 5.73 Å². The van der Waals surface area contributed by atoms with Crippen molar-refractivity contribution >= 4 is 59.2 Å². The van der Waals surface area contributed by atoms with Gasteiger partial charge >= 0.3 is 5.97 Å². The number of hydrogen-bond donors (Lipinski definition) is 4. The average Bonchev–Trinajstić information content (AvgIpc) is 3.52. The first-order valence-electron chi connectivity index (χ1n) is 13.0. The van der Waals surface area contributed by atoms with Crippen LogP contribution in [-0.2, 0) is 39.2 Å². The largest absolute Gasteiger partial charge is 0.480 e. The molecular weight excluding hydrogens is 596 g/mol. The van der Waals surface area contributed by atoms with Gasteiger partial charge in [-0.3, -0.25) is 14.4 Å². The summed E-state index contributed by atoms with van der Waals surface area (Å²) in [7, 11) is 0.996. The van der Waals surface area contributed by atoms with Crippen LogP contribution in [0.15, 0.2) is 0 Å². The lowest BCUT2D eigenvalue weighted by Gasteiger charge is -2.52. The minimum absolute atomic E-state index is 0.0147. The van der Waals surface area contributed by atoms with Crippen molar-refractivity contribution in [3.63, 3.8) is 0 Å². The molecule has 3 amide bonds. The lowest BCUT2D eigenvalue weighted by Crippen LogP contribution is -2.76. The Morgan fingerprint density at radius 3 is 1.38 bits per heavy atom. The van der Waals surface area contributed by atoms with E-state index >= 15 is 0 Å². The number of nitrogens with two attached hydrogens (primary N) is 1. The summed E-state index contributed by atoms with van der Waals surface area (Å²) in [6, 6.07) is -2.45. The average molecular weight is 633 g/mol. The van der Waals surface area contributed by atoms with E-state index in [9.17, 15) is 46.2 Å². The fourth-order valence-electron chi connectivity index (χ4n) is 6.31. The zero-order valence-corrected chi connectivity index (χ0v) is 25.5. The first-order chi connectivity index (χ1) is 19.2. The highest BCUT2D eigenvalue weighted by Gasteiger charge is 2.64. The summed E-state index contributed by atoms with van der Waals surface area (Å²) in [6.07, 6.45) is 1.78. The molecule has 4 rings (SSSR count). The molecule has 42 heavy (non-hydrogen) atoms. The number of carboxylic acid groups (broad SMARTS) is 1. The van der Waals surface area contributed by atoms with Gasteiger partial charge in [0.2, 0.25) is 37.8 Å². The van der Waals surface area contributed by atoms with Gasteiger partial charge in [-0.15, -0.1) is 0 Å². The zero-order chi connectivity index (χ0) is 32.6. The summed E-state index contributed by atoms with van der Waals surface area (Å²) in [5, 5.41) is 28.1. The van der Waals surface area contributed by atoms with Gasteiger partial charge in [0.25, 0.3) is 0 Å². The van der Waals surface area contributed by atoms with E-state index in [0.29, 0.717) is 32.2 Å². The normalized spacial score (nSPS) is 29.0. The van der Waals surface area contributed by atoms with Gasteiger partial charge in [0.15, 0.2) is 6.04 Å². The Hall–Kier alpha value is -2.25. The van der Waals surface area contributed by atoms with Crippen molar-refractivity contribution in [1.29, 1.82) is 0 Å². The van der Waals surface area contributed by atoms with Crippen LogP contribution in [0.2, 0.25) is 0 Å². The number of β-lactam (4-membered cyclic amide) rings is 2. The molecule has 4 saturated heterocycles. The molecule has 5 N–H and O–H groups in total. The molecule has 4 heterocycles. The number of carbonyl (C=O) groups excluding carboxylic acids is 3. The van der Waals surface area contributed by atoms with E-state index in [0.717, 1.165) is 26.6 Å². The molecule has 0 aromatic carbocycles. The van der Waals surface area contributed by atoms with E-state index in [-0.39, 0.29) is 19.6 Å². The molecule has 2 spiro atoms. The second-order valence-corrected chi connectivity index (χ2v) is 14.7. The van der Waals surface area contributed by atoms with E-state index in [1.807, 2.05) is 0 Å². The Balaban J connectivity index is 0.000000277. The van der Waals surface area contributed by atoms with Crippen molar-refractivity contribution < 1.29 is 51.3 Å². The molecular formula is C22H37B2N5O11S2. The molecule has 4 radical (unpaired) electrons. The summed E-state index contributed by atoms with van der Waals surface area (Å²) < 4.78 is 49.3. The summed E-state index contributed by atoms with van der Waals surface area (Å²) in [5.74, 6) is -3.09. The number of sulfonamides is 2. The highest BCUT2D eigenvalue weighted by Crippen LogP contribution is 2.42. The Labute approximate surface area is 248 Å². The fourth-order valence-corrected chi connectivity index (χ4v) is 8.96. The number of aliphatic carboxylic acids is 1. The molecule has 0 unspecified atom stereocenters. The lowest BCUT2D eigenvalue weighted by molar-refractivity contribution is -0.174. The number of carboxylic acids is 1. The molecule has 0 bridgehead atoms. The summed E-state index contributed by atoms with van der Waals surface area (Å²) in [6.45, 7) is 3.34. The predicted octanol–water partition coefficient (Wildman–Crippen LogP) is -4.45. The maximum absolute atomic E-state index is 12.4. The van der Waals surface area contributed by atoms with Gasteiger partial charge in [-0.25, -0.2) is 21.6 Å². The third-order valence-corrected chi connectivity index (χ3v) is 10.6. The number of primary amides is 1. The van der Waals surface area contributed by atoms with E-state index in [1.54, 1.807) is 0 Å². The van der Waals surface area contributed by atoms with E-state index in [2.05, 4.69) is 15.5 Å². The van der Waals surface area contributed by atoms with Crippen LogP contribution in [0.5, 0.6) is 0 Å². The van der Waals surface area contributed by atoms with Crippen LogP contribution in [0, 0.1) is 0 Å². The molecule has 6 atom stereocenters. The van der Waals surface area contributed by atoms with Gasteiger partial charge in [-0.1, -0.05) is 0 Å². The van der Waals surface area contributed by atoms with Gasteiger partial charge in [0, 0.05) is 28.6 Å². The standard InChI is InChI=1S/C11H19N3O5S.C11H18N2O6S.B2/c1-7(15)8(9(12)16)13-6-11(10(13)17)4-3-5-14(11)20(2,18)19;1-7(14)8(9(15)16)12-6-11(10(12)17)4-3-5-13(11)20(2,18)19;1-2/h7-8,15H,3-6H2,1-2H3,(H2,12,16);7-8,14H,3-6H2,1-2H3,(H,15,16);/t2*7-,8+,11+;/m11./s1. The molecule has 0 aromatic rings. The van der Waals surface area contributed by atoms with Crippen molar-refractivity contribution in [2.24, 2.45) is 5.73 Å². The Morgan fingerprint density at radius 1 is 0.810 bits per heavy atom. The summed E-state index contributed by atoms with van der Waals surface area (Å²) >= 11 is 0. The van der Waals surface area contributed by atoms with Crippen molar-refractivity contribution in [2.45, 2.75) is 74.9 Å². The maximum atomic E-state index is 12.4. The highest BCUT2D eigenvalue weighted by atomic mass is 32.2. The molecule has 0 saturated carbocycles. The predicted molar refractivity (Wildman–Crippen MR) is 150 cm³/mol. The zero-order valence-electron chi connectivity index (χ0n) is 23.9. The van der Waals surface area contributed by atoms with Gasteiger partial charge in [0.05, 0.1) is 37.8 Å². The van der Waals surface area contributed by atoms with Crippen molar-refractivity contribution in [3.05, 3.63) is 0 Å². The number of aliphatic hydroxyl groups excluding tert-OH is 2. The second kappa shape index (κ2) is 12.8. The number of carbonyl (C=O) groups is 4. The van der Waals surface area contributed by atoms with Gasteiger partial charge in [-0.2, -0.15) is 8.61 Å². The molecule has 4 aliphatic rings. The van der Waals surface area contributed by atoms with Gasteiger partial charge < -0.3 is 30.9 Å². The fraction of sp³-hybridized carbons (Fsp3) is 0.818. The monoisotopic (exact) mass is 633 g/mol. The number of nitrogens with zero attached hydrogens (tertiary/aromatic N) is 4. The highest BCUT2D eigenvalue weighted by molar-refractivity contribution is 7.88. The van der Waals surface area contributed by atoms with Gasteiger partial charge in [0.1, 0.15) is 17.1 Å². The Morgan fingerprint density at radius 2 is 1.14 bits per heavy atom. The number of likely N-dealkylation sites (tertiary alicyclic amines) is 2. The van der Waals surface area contributed by atoms with Crippen molar-refractivity contribution in [2.75, 3.05) is 38.7 Å². The number of rotatable bonds is 8. The van der Waals surface area contributed by atoms with Gasteiger partial charge in [-0.05, 0) is 39.5 Å². The molecule has 234 valence electrons. The second-order valence-electron chi connectivity index (χ2n) is 10.9. The number of hydrogen-bond acceptors (Lipinski definition) is 10. The third kappa shape index (κ3) is 6.33. The number of aliphatic hydroxyl groups is 2. The molecule has 4 aliphatic heterocycles. The molecule has 16 nitrogen and oxygen atoms in total. The minimum Gasteiger partial charge on any atom is -0.480 e. The minimum atomic E-state index is -3.52.